The van der Waals surface area contributed by atoms with E-state index >= 15 is 0 Å². The summed E-state index contributed by atoms with van der Waals surface area (Å²) >= 11 is 0. The van der Waals surface area contributed by atoms with Crippen LogP contribution in [0.1, 0.15) is 59.3 Å². The SMILES string of the molecule is CC(=O)OCC(=O)[C@@]1(O)C[C@@H]2O[C@@]23C2CCC4=CC(=O)CCC4(C)C2C(O)CC13C. The molecule has 5 aliphatic rings. The van der Waals surface area contributed by atoms with Gasteiger partial charge in [0.05, 0.1) is 12.2 Å². The van der Waals surface area contributed by atoms with Gasteiger partial charge in [-0.1, -0.05) is 19.4 Å². The van der Waals surface area contributed by atoms with Crippen molar-refractivity contribution in [1.29, 1.82) is 0 Å². The highest BCUT2D eigenvalue weighted by molar-refractivity contribution is 5.92. The van der Waals surface area contributed by atoms with Gasteiger partial charge in [0.2, 0.25) is 5.78 Å². The number of ether oxygens (including phenoxy) is 2. The van der Waals surface area contributed by atoms with Gasteiger partial charge >= 0.3 is 5.97 Å². The van der Waals surface area contributed by atoms with E-state index in [1.165, 1.54) is 6.92 Å². The predicted molar refractivity (Wildman–Crippen MR) is 104 cm³/mol. The number of epoxide rings is 1. The van der Waals surface area contributed by atoms with Crippen LogP contribution in [0.5, 0.6) is 0 Å². The highest BCUT2D eigenvalue weighted by Gasteiger charge is 2.86. The van der Waals surface area contributed by atoms with Crippen LogP contribution in [0.25, 0.3) is 0 Å². The van der Waals surface area contributed by atoms with Gasteiger partial charge < -0.3 is 19.7 Å². The van der Waals surface area contributed by atoms with Crippen molar-refractivity contribution >= 4 is 17.5 Å². The van der Waals surface area contributed by atoms with Gasteiger partial charge in [-0.2, -0.15) is 0 Å². The zero-order valence-corrected chi connectivity index (χ0v) is 17.8. The van der Waals surface area contributed by atoms with Gasteiger partial charge in [0.1, 0.15) is 11.2 Å². The fourth-order valence-corrected chi connectivity index (χ4v) is 7.84. The lowest BCUT2D eigenvalue weighted by Crippen LogP contribution is -2.67. The van der Waals surface area contributed by atoms with Crippen molar-refractivity contribution in [3.63, 3.8) is 0 Å². The maximum absolute atomic E-state index is 13.0. The molecular weight excluding hydrogens is 388 g/mol. The highest BCUT2D eigenvalue weighted by Crippen LogP contribution is 2.77. The first kappa shape index (κ1) is 20.3. The van der Waals surface area contributed by atoms with Gasteiger partial charge in [-0.25, -0.2) is 0 Å². The number of aliphatic hydroxyl groups is 2. The Hall–Kier alpha value is -1.57. The number of Topliss-reactive ketones (excluding diaryl/α,β-unsaturated/α-hetero) is 1. The molecule has 7 nitrogen and oxygen atoms in total. The first-order valence-corrected chi connectivity index (χ1v) is 11.0. The second-order valence-corrected chi connectivity index (χ2v) is 10.5. The Labute approximate surface area is 175 Å². The predicted octanol–water partition coefficient (Wildman–Crippen LogP) is 1.48. The number of aliphatic hydroxyl groups excluding tert-OH is 1. The lowest BCUT2D eigenvalue weighted by molar-refractivity contribution is -0.205. The molecule has 5 rings (SSSR count). The van der Waals surface area contributed by atoms with Crippen LogP contribution < -0.4 is 0 Å². The smallest absolute Gasteiger partial charge is 0.303 e. The molecule has 1 spiro atoms. The summed E-state index contributed by atoms with van der Waals surface area (Å²) < 4.78 is 11.2. The Morgan fingerprint density at radius 1 is 1.27 bits per heavy atom. The van der Waals surface area contributed by atoms with Crippen LogP contribution in [0.15, 0.2) is 11.6 Å². The number of esters is 1. The second-order valence-electron chi connectivity index (χ2n) is 10.5. The molecule has 0 bridgehead atoms. The third kappa shape index (κ3) is 2.24. The third-order valence-electron chi connectivity index (χ3n) is 9.32. The van der Waals surface area contributed by atoms with Crippen LogP contribution in [-0.2, 0) is 23.9 Å². The molecule has 0 aromatic rings. The fraction of sp³-hybridized carbons (Fsp3) is 0.783. The number of hydrogen-bond donors (Lipinski definition) is 2. The molecule has 4 fully saturated rings. The van der Waals surface area contributed by atoms with Crippen LogP contribution in [0.4, 0.5) is 0 Å². The Balaban J connectivity index is 1.52. The molecule has 164 valence electrons. The molecule has 0 radical (unpaired) electrons. The first-order valence-electron chi connectivity index (χ1n) is 11.0. The molecule has 1 heterocycles. The molecular formula is C23H30O7. The van der Waals surface area contributed by atoms with Crippen LogP contribution in [-0.4, -0.2) is 57.8 Å². The molecule has 2 N–H and O–H groups in total. The summed E-state index contributed by atoms with van der Waals surface area (Å²) in [7, 11) is 0. The van der Waals surface area contributed by atoms with E-state index in [0.717, 1.165) is 18.4 Å². The summed E-state index contributed by atoms with van der Waals surface area (Å²) in [6.45, 7) is 4.76. The van der Waals surface area contributed by atoms with Gasteiger partial charge in [-0.15, -0.1) is 0 Å². The Morgan fingerprint density at radius 3 is 2.70 bits per heavy atom. The van der Waals surface area contributed by atoms with E-state index in [-0.39, 0.29) is 42.0 Å². The topological polar surface area (TPSA) is 113 Å². The fourth-order valence-electron chi connectivity index (χ4n) is 7.84. The molecule has 8 atom stereocenters. The van der Waals surface area contributed by atoms with Crippen molar-refractivity contribution in [2.45, 2.75) is 82.7 Å². The van der Waals surface area contributed by atoms with E-state index in [1.54, 1.807) is 6.08 Å². The average molecular weight is 418 g/mol. The minimum absolute atomic E-state index is 0.00199. The lowest BCUT2D eigenvalue weighted by atomic mass is 9.44. The van der Waals surface area contributed by atoms with Gasteiger partial charge in [0.15, 0.2) is 12.4 Å². The van der Waals surface area contributed by atoms with Gasteiger partial charge in [0.25, 0.3) is 0 Å². The minimum atomic E-state index is -1.70. The van der Waals surface area contributed by atoms with Gasteiger partial charge in [-0.05, 0) is 49.0 Å². The molecule has 0 aromatic heterocycles. The van der Waals surface area contributed by atoms with Crippen LogP contribution in [0.3, 0.4) is 0 Å². The molecule has 7 heteroatoms. The highest BCUT2D eigenvalue weighted by atomic mass is 16.6. The Bertz CT molecular complexity index is 879. The van der Waals surface area contributed by atoms with Crippen LogP contribution in [0, 0.1) is 22.7 Å². The van der Waals surface area contributed by atoms with E-state index in [4.69, 9.17) is 9.47 Å². The monoisotopic (exact) mass is 418 g/mol. The van der Waals surface area contributed by atoms with Crippen molar-refractivity contribution in [2.75, 3.05) is 6.61 Å². The summed E-state index contributed by atoms with van der Waals surface area (Å²) in [4.78, 5) is 36.2. The molecule has 0 aromatic carbocycles. The number of hydrogen-bond acceptors (Lipinski definition) is 7. The van der Waals surface area contributed by atoms with Gasteiger partial charge in [0, 0.05) is 25.2 Å². The maximum atomic E-state index is 13.0. The van der Waals surface area contributed by atoms with Crippen molar-refractivity contribution < 1.29 is 34.1 Å². The number of ketones is 2. The standard InChI is InChI=1S/C23H30O7/c1-12(24)29-11-17(27)22(28)10-18-23(30-18)15-5-4-13-8-14(25)6-7-20(13,2)19(15)16(26)9-21(22,23)3/h8,15-16,18-19,26,28H,4-7,9-11H2,1-3H3/t15?,16?,18-,19?,20?,21?,22-,23-/m0/s1. The molecule has 1 aliphatic heterocycles. The van der Waals surface area contributed by atoms with E-state index in [2.05, 4.69) is 6.92 Å². The number of carbonyl (C=O) groups is 3. The summed E-state index contributed by atoms with van der Waals surface area (Å²) in [5, 5.41) is 23.0. The molecule has 30 heavy (non-hydrogen) atoms. The summed E-state index contributed by atoms with van der Waals surface area (Å²) in [6, 6.07) is 0. The molecule has 5 unspecified atom stereocenters. The van der Waals surface area contributed by atoms with E-state index in [1.807, 2.05) is 6.92 Å². The normalized spacial score (nSPS) is 51.1. The number of fused-ring (bicyclic) bond motifs is 3. The summed E-state index contributed by atoms with van der Waals surface area (Å²) in [6.07, 6.45) is 3.94. The zero-order valence-electron chi connectivity index (χ0n) is 17.8. The van der Waals surface area contributed by atoms with Crippen LogP contribution >= 0.6 is 0 Å². The molecule has 3 saturated carbocycles. The summed E-state index contributed by atoms with van der Waals surface area (Å²) in [5.41, 5.74) is -2.46. The zero-order chi connectivity index (χ0) is 21.7. The Kier molecular flexibility index (Phi) is 4.08. The number of allylic oxidation sites excluding steroid dienone is 1. The number of carbonyl (C=O) groups excluding carboxylic acids is 3. The third-order valence-corrected chi connectivity index (χ3v) is 9.32. The van der Waals surface area contributed by atoms with Crippen LogP contribution in [0.2, 0.25) is 0 Å². The van der Waals surface area contributed by atoms with E-state index < -0.39 is 41.1 Å². The quantitative estimate of drug-likeness (QED) is 0.527. The molecule has 0 amide bonds. The lowest BCUT2D eigenvalue weighted by Gasteiger charge is -2.60. The Morgan fingerprint density at radius 2 is 2.00 bits per heavy atom. The summed E-state index contributed by atoms with van der Waals surface area (Å²) in [5.74, 6) is -1.01. The van der Waals surface area contributed by atoms with Crippen molar-refractivity contribution in [2.24, 2.45) is 22.7 Å². The van der Waals surface area contributed by atoms with Crippen molar-refractivity contribution in [3.8, 4) is 0 Å². The number of rotatable bonds is 3. The molecule has 1 saturated heterocycles. The van der Waals surface area contributed by atoms with Gasteiger partial charge in [-0.3, -0.25) is 14.4 Å². The van der Waals surface area contributed by atoms with Crippen molar-refractivity contribution in [3.05, 3.63) is 11.6 Å². The minimum Gasteiger partial charge on any atom is -0.458 e. The first-order chi connectivity index (χ1) is 14.0. The van der Waals surface area contributed by atoms with Crippen molar-refractivity contribution in [1.82, 2.24) is 0 Å². The second kappa shape index (κ2) is 6.02. The molecule has 4 aliphatic carbocycles. The van der Waals surface area contributed by atoms with E-state index in [0.29, 0.717) is 12.8 Å². The average Bonchev–Trinajstić information content (AvgIpc) is 3.34. The largest absolute Gasteiger partial charge is 0.458 e. The van der Waals surface area contributed by atoms with E-state index in [9.17, 15) is 24.6 Å². The maximum Gasteiger partial charge on any atom is 0.303 e.